The van der Waals surface area contributed by atoms with Crippen molar-refractivity contribution in [2.45, 2.75) is 38.8 Å². The second-order valence-corrected chi connectivity index (χ2v) is 6.69. The predicted molar refractivity (Wildman–Crippen MR) is 97.9 cm³/mol. The maximum absolute atomic E-state index is 12.6. The van der Waals surface area contributed by atoms with Crippen molar-refractivity contribution in [3.8, 4) is 0 Å². The number of likely N-dealkylation sites (tertiary alicyclic amines) is 1. The molecule has 0 aliphatic carbocycles. The number of benzene rings is 1. The molecule has 0 bridgehead atoms. The Labute approximate surface area is 146 Å². The number of amides is 1. The lowest BCUT2D eigenvalue weighted by Gasteiger charge is -2.30. The molecule has 130 valence electrons. The fraction of sp³-hybridized carbons (Fsp3) is 0.611. The lowest BCUT2D eigenvalue weighted by atomic mass is 9.89. The van der Waals surface area contributed by atoms with Gasteiger partial charge in [-0.2, -0.15) is 0 Å². The molecule has 1 aliphatic heterocycles. The zero-order valence-corrected chi connectivity index (χ0v) is 15.4. The number of hydrogen-bond acceptors (Lipinski definition) is 3. The highest BCUT2D eigenvalue weighted by molar-refractivity contribution is 5.85. The smallest absolute Gasteiger partial charge is 0.239 e. The number of hydrogen-bond donors (Lipinski definition) is 1. The summed E-state index contributed by atoms with van der Waals surface area (Å²) in [5.74, 6) is 1.03. The number of nitrogens with two attached hydrogens (primary N) is 1. The number of halogens is 1. The molecule has 1 amide bonds. The topological polar surface area (TPSA) is 49.6 Å². The Kier molecular flexibility index (Phi) is 7.52. The van der Waals surface area contributed by atoms with Crippen molar-refractivity contribution in [3.05, 3.63) is 35.9 Å². The predicted octanol–water partition coefficient (Wildman–Crippen LogP) is 2.34. The SMILES string of the molecule is CC(C(=O)N(C)C(C)C)N1C[C@@H](CN)[C@H](c2ccccc2)C1.Cl. The Morgan fingerprint density at radius 1 is 1.26 bits per heavy atom. The van der Waals surface area contributed by atoms with Crippen molar-refractivity contribution in [2.24, 2.45) is 11.7 Å². The summed E-state index contributed by atoms with van der Waals surface area (Å²) in [7, 11) is 1.88. The van der Waals surface area contributed by atoms with Crippen molar-refractivity contribution in [2.75, 3.05) is 26.7 Å². The van der Waals surface area contributed by atoms with Gasteiger partial charge in [-0.3, -0.25) is 9.69 Å². The third kappa shape index (κ3) is 4.46. The summed E-state index contributed by atoms with van der Waals surface area (Å²) in [4.78, 5) is 16.7. The molecule has 2 rings (SSSR count). The van der Waals surface area contributed by atoms with Crippen molar-refractivity contribution >= 4 is 18.3 Å². The van der Waals surface area contributed by atoms with Gasteiger partial charge in [-0.25, -0.2) is 0 Å². The monoisotopic (exact) mass is 339 g/mol. The Hall–Kier alpha value is -1.10. The average Bonchev–Trinajstić information content (AvgIpc) is 2.97. The van der Waals surface area contributed by atoms with Crippen LogP contribution in [0.25, 0.3) is 0 Å². The summed E-state index contributed by atoms with van der Waals surface area (Å²) in [6.07, 6.45) is 0. The minimum Gasteiger partial charge on any atom is -0.342 e. The largest absolute Gasteiger partial charge is 0.342 e. The fourth-order valence-electron chi connectivity index (χ4n) is 3.24. The van der Waals surface area contributed by atoms with Gasteiger partial charge in [0, 0.05) is 32.1 Å². The quantitative estimate of drug-likeness (QED) is 0.895. The van der Waals surface area contributed by atoms with Gasteiger partial charge in [-0.1, -0.05) is 30.3 Å². The lowest BCUT2D eigenvalue weighted by Crippen LogP contribution is -2.47. The third-order valence-corrected chi connectivity index (χ3v) is 5.03. The maximum Gasteiger partial charge on any atom is 0.239 e. The standard InChI is InChI=1S/C18H29N3O.ClH/c1-13(2)20(4)18(22)14(3)21-11-16(10-19)17(12-21)15-8-6-5-7-9-15;/h5-9,13-14,16-17H,10-12,19H2,1-4H3;1H/t14?,16-,17+;/m1./s1. The Bertz CT molecular complexity index is 494. The van der Waals surface area contributed by atoms with Crippen LogP contribution in [0.5, 0.6) is 0 Å². The second kappa shape index (κ2) is 8.67. The Morgan fingerprint density at radius 3 is 2.39 bits per heavy atom. The van der Waals surface area contributed by atoms with Gasteiger partial charge in [-0.05, 0) is 38.8 Å². The van der Waals surface area contributed by atoms with E-state index < -0.39 is 0 Å². The summed E-state index contributed by atoms with van der Waals surface area (Å²) >= 11 is 0. The molecule has 0 spiro atoms. The molecule has 0 saturated carbocycles. The number of nitrogens with zero attached hydrogens (tertiary/aromatic N) is 2. The van der Waals surface area contributed by atoms with Gasteiger partial charge < -0.3 is 10.6 Å². The Balaban J connectivity index is 0.00000264. The first kappa shape index (κ1) is 19.9. The number of likely N-dealkylation sites (N-methyl/N-ethyl adjacent to an activating group) is 1. The van der Waals surface area contributed by atoms with Gasteiger partial charge in [0.25, 0.3) is 0 Å². The van der Waals surface area contributed by atoms with Crippen LogP contribution in [0.15, 0.2) is 30.3 Å². The molecule has 1 heterocycles. The van der Waals surface area contributed by atoms with E-state index >= 15 is 0 Å². The van der Waals surface area contributed by atoms with Crippen LogP contribution in [0.1, 0.15) is 32.3 Å². The second-order valence-electron chi connectivity index (χ2n) is 6.69. The van der Waals surface area contributed by atoms with Crippen LogP contribution in [-0.4, -0.2) is 54.5 Å². The van der Waals surface area contributed by atoms with E-state index in [0.717, 1.165) is 13.1 Å². The van der Waals surface area contributed by atoms with Gasteiger partial charge in [0.05, 0.1) is 6.04 Å². The van der Waals surface area contributed by atoms with Gasteiger partial charge in [0.15, 0.2) is 0 Å². The van der Waals surface area contributed by atoms with Crippen LogP contribution in [0.4, 0.5) is 0 Å². The lowest BCUT2D eigenvalue weighted by molar-refractivity contribution is -0.136. The van der Waals surface area contributed by atoms with E-state index in [1.54, 1.807) is 0 Å². The normalized spacial score (nSPS) is 22.7. The van der Waals surface area contributed by atoms with Gasteiger partial charge >= 0.3 is 0 Å². The highest BCUT2D eigenvalue weighted by Gasteiger charge is 2.37. The van der Waals surface area contributed by atoms with E-state index in [2.05, 4.69) is 29.2 Å². The van der Waals surface area contributed by atoms with E-state index in [1.165, 1.54) is 5.56 Å². The minimum absolute atomic E-state index is 0. The number of rotatable bonds is 5. The summed E-state index contributed by atoms with van der Waals surface area (Å²) in [6, 6.07) is 10.7. The average molecular weight is 340 g/mol. The zero-order valence-electron chi connectivity index (χ0n) is 14.6. The van der Waals surface area contributed by atoms with E-state index in [1.807, 2.05) is 38.8 Å². The van der Waals surface area contributed by atoms with Crippen LogP contribution in [0.2, 0.25) is 0 Å². The van der Waals surface area contributed by atoms with E-state index in [-0.39, 0.29) is 30.4 Å². The van der Waals surface area contributed by atoms with E-state index in [9.17, 15) is 4.79 Å². The van der Waals surface area contributed by atoms with Crippen molar-refractivity contribution < 1.29 is 4.79 Å². The molecule has 4 nitrogen and oxygen atoms in total. The first-order valence-corrected chi connectivity index (χ1v) is 8.21. The van der Waals surface area contributed by atoms with Gasteiger partial charge in [0.2, 0.25) is 5.91 Å². The molecule has 0 radical (unpaired) electrons. The van der Waals surface area contributed by atoms with Crippen molar-refractivity contribution in [1.82, 2.24) is 9.80 Å². The molecule has 23 heavy (non-hydrogen) atoms. The molecule has 1 aromatic carbocycles. The number of carbonyl (C=O) groups excluding carboxylic acids is 1. The highest BCUT2D eigenvalue weighted by atomic mass is 35.5. The highest BCUT2D eigenvalue weighted by Crippen LogP contribution is 2.33. The van der Waals surface area contributed by atoms with Crippen molar-refractivity contribution in [3.63, 3.8) is 0 Å². The molecular weight excluding hydrogens is 310 g/mol. The number of carbonyl (C=O) groups is 1. The molecule has 1 fully saturated rings. The molecule has 2 N–H and O–H groups in total. The summed E-state index contributed by atoms with van der Waals surface area (Å²) in [5, 5.41) is 0. The van der Waals surface area contributed by atoms with Gasteiger partial charge in [-0.15, -0.1) is 12.4 Å². The zero-order chi connectivity index (χ0) is 16.3. The molecular formula is C18H30ClN3O. The van der Waals surface area contributed by atoms with Crippen LogP contribution in [0, 0.1) is 5.92 Å². The summed E-state index contributed by atoms with van der Waals surface area (Å²) in [5.41, 5.74) is 7.32. The molecule has 1 unspecified atom stereocenters. The van der Waals surface area contributed by atoms with E-state index in [0.29, 0.717) is 18.4 Å². The fourth-order valence-corrected chi connectivity index (χ4v) is 3.24. The van der Waals surface area contributed by atoms with Crippen molar-refractivity contribution in [1.29, 1.82) is 0 Å². The molecule has 0 aromatic heterocycles. The van der Waals surface area contributed by atoms with Crippen LogP contribution in [0.3, 0.4) is 0 Å². The van der Waals surface area contributed by atoms with E-state index in [4.69, 9.17) is 5.73 Å². The maximum atomic E-state index is 12.6. The van der Waals surface area contributed by atoms with Crippen LogP contribution < -0.4 is 5.73 Å². The molecule has 5 heteroatoms. The van der Waals surface area contributed by atoms with Gasteiger partial charge in [0.1, 0.15) is 0 Å². The minimum atomic E-state index is -0.0878. The van der Waals surface area contributed by atoms with Crippen LogP contribution in [-0.2, 0) is 4.79 Å². The molecule has 1 aromatic rings. The third-order valence-electron chi connectivity index (χ3n) is 5.03. The molecule has 1 aliphatic rings. The first-order valence-electron chi connectivity index (χ1n) is 8.21. The molecule has 1 saturated heterocycles. The summed E-state index contributed by atoms with van der Waals surface area (Å²) in [6.45, 7) is 8.58. The summed E-state index contributed by atoms with van der Waals surface area (Å²) < 4.78 is 0. The van der Waals surface area contributed by atoms with Crippen LogP contribution >= 0.6 is 12.4 Å². The Morgan fingerprint density at radius 2 is 1.87 bits per heavy atom. The molecule has 3 atom stereocenters. The first-order chi connectivity index (χ1) is 10.5.